The standard InChI is InChI=1S/C7H10N2O3/c1-5-6(11)9(3-2-4-10)7(12)8-5/h4-5H,2-3H2,1H3,(H,8,12). The molecule has 1 atom stereocenters. The zero-order valence-electron chi connectivity index (χ0n) is 6.74. The maximum Gasteiger partial charge on any atom is 0.324 e. The minimum absolute atomic E-state index is 0.179. The van der Waals surface area contributed by atoms with Crippen molar-refractivity contribution >= 4 is 18.2 Å². The predicted molar refractivity (Wildman–Crippen MR) is 40.4 cm³/mol. The van der Waals surface area contributed by atoms with Crippen molar-refractivity contribution in [3.8, 4) is 0 Å². The molecule has 1 aliphatic heterocycles. The molecule has 1 N–H and O–H groups in total. The molecule has 0 aliphatic carbocycles. The fourth-order valence-electron chi connectivity index (χ4n) is 1.05. The second-order valence-corrected chi connectivity index (χ2v) is 2.62. The molecule has 12 heavy (non-hydrogen) atoms. The van der Waals surface area contributed by atoms with Crippen LogP contribution in [0.1, 0.15) is 13.3 Å². The highest BCUT2D eigenvalue weighted by atomic mass is 16.2. The van der Waals surface area contributed by atoms with Crippen LogP contribution in [-0.4, -0.2) is 35.7 Å². The Labute approximate surface area is 69.7 Å². The van der Waals surface area contributed by atoms with Crippen molar-refractivity contribution in [2.24, 2.45) is 0 Å². The van der Waals surface area contributed by atoms with E-state index in [2.05, 4.69) is 5.32 Å². The number of carbonyl (C=O) groups is 3. The molecule has 0 bridgehead atoms. The average molecular weight is 170 g/mol. The number of aldehydes is 1. The van der Waals surface area contributed by atoms with Crippen molar-refractivity contribution < 1.29 is 14.4 Å². The molecule has 1 saturated heterocycles. The van der Waals surface area contributed by atoms with E-state index in [1.165, 1.54) is 0 Å². The largest absolute Gasteiger partial charge is 0.326 e. The van der Waals surface area contributed by atoms with Gasteiger partial charge in [-0.15, -0.1) is 0 Å². The van der Waals surface area contributed by atoms with Crippen LogP contribution in [0.25, 0.3) is 0 Å². The van der Waals surface area contributed by atoms with Gasteiger partial charge in [-0.05, 0) is 6.92 Å². The monoisotopic (exact) mass is 170 g/mol. The molecule has 3 amide bonds. The van der Waals surface area contributed by atoms with E-state index < -0.39 is 12.1 Å². The van der Waals surface area contributed by atoms with Crippen molar-refractivity contribution in [1.82, 2.24) is 10.2 Å². The fraction of sp³-hybridized carbons (Fsp3) is 0.571. The van der Waals surface area contributed by atoms with E-state index >= 15 is 0 Å². The van der Waals surface area contributed by atoms with Gasteiger partial charge in [-0.2, -0.15) is 0 Å². The minimum Gasteiger partial charge on any atom is -0.326 e. The Morgan fingerprint density at radius 2 is 2.25 bits per heavy atom. The summed E-state index contributed by atoms with van der Waals surface area (Å²) in [4.78, 5) is 33.2. The zero-order valence-corrected chi connectivity index (χ0v) is 6.74. The van der Waals surface area contributed by atoms with E-state index in [1.54, 1.807) is 6.92 Å². The van der Waals surface area contributed by atoms with E-state index in [4.69, 9.17) is 0 Å². The second-order valence-electron chi connectivity index (χ2n) is 2.62. The van der Waals surface area contributed by atoms with Gasteiger partial charge < -0.3 is 10.1 Å². The lowest BCUT2D eigenvalue weighted by molar-refractivity contribution is -0.127. The molecule has 0 saturated carbocycles. The van der Waals surface area contributed by atoms with Gasteiger partial charge in [0.1, 0.15) is 12.3 Å². The third-order valence-electron chi connectivity index (χ3n) is 1.69. The Morgan fingerprint density at radius 1 is 1.58 bits per heavy atom. The normalized spacial score (nSPS) is 22.8. The van der Waals surface area contributed by atoms with Crippen LogP contribution in [0.2, 0.25) is 0 Å². The molecule has 0 spiro atoms. The van der Waals surface area contributed by atoms with Crippen LogP contribution in [0.3, 0.4) is 0 Å². The van der Waals surface area contributed by atoms with E-state index in [0.29, 0.717) is 6.29 Å². The number of hydrogen-bond donors (Lipinski definition) is 1. The summed E-state index contributed by atoms with van der Waals surface area (Å²) in [7, 11) is 0. The molecule has 1 aliphatic rings. The highest BCUT2D eigenvalue weighted by Gasteiger charge is 2.34. The summed E-state index contributed by atoms with van der Waals surface area (Å²) in [6.45, 7) is 1.79. The number of carbonyl (C=O) groups excluding carboxylic acids is 3. The third-order valence-corrected chi connectivity index (χ3v) is 1.69. The van der Waals surface area contributed by atoms with Crippen molar-refractivity contribution in [2.75, 3.05) is 6.54 Å². The van der Waals surface area contributed by atoms with Gasteiger partial charge in [0.15, 0.2) is 0 Å². The maximum absolute atomic E-state index is 11.1. The van der Waals surface area contributed by atoms with E-state index in [0.717, 1.165) is 4.90 Å². The molecule has 0 aromatic rings. The number of nitrogens with one attached hydrogen (secondary N) is 1. The smallest absolute Gasteiger partial charge is 0.324 e. The summed E-state index contributed by atoms with van der Waals surface area (Å²) < 4.78 is 0. The SMILES string of the molecule is CC1NC(=O)N(CCC=O)C1=O. The van der Waals surface area contributed by atoms with Gasteiger partial charge in [-0.3, -0.25) is 9.69 Å². The lowest BCUT2D eigenvalue weighted by Crippen LogP contribution is -2.32. The molecule has 5 heteroatoms. The first-order valence-electron chi connectivity index (χ1n) is 3.72. The summed E-state index contributed by atoms with van der Waals surface area (Å²) in [6, 6.07) is -0.862. The molecule has 1 fully saturated rings. The number of urea groups is 1. The number of hydrogen-bond acceptors (Lipinski definition) is 3. The van der Waals surface area contributed by atoms with E-state index in [9.17, 15) is 14.4 Å². The Balaban J connectivity index is 2.57. The number of rotatable bonds is 3. The first kappa shape index (κ1) is 8.70. The zero-order chi connectivity index (χ0) is 9.14. The molecular weight excluding hydrogens is 160 g/mol. The summed E-state index contributed by atoms with van der Waals surface area (Å²) in [5.41, 5.74) is 0. The molecule has 0 aromatic heterocycles. The fourth-order valence-corrected chi connectivity index (χ4v) is 1.05. The Morgan fingerprint density at radius 3 is 2.67 bits per heavy atom. The molecule has 0 radical (unpaired) electrons. The quantitative estimate of drug-likeness (QED) is 0.459. The van der Waals surface area contributed by atoms with Gasteiger partial charge in [-0.25, -0.2) is 4.79 Å². The number of nitrogens with zero attached hydrogens (tertiary/aromatic N) is 1. The predicted octanol–water partition coefficient (Wildman–Crippen LogP) is -0.484. The van der Waals surface area contributed by atoms with Crippen molar-refractivity contribution in [3.63, 3.8) is 0 Å². The lowest BCUT2D eigenvalue weighted by Gasteiger charge is -2.09. The first-order chi connectivity index (χ1) is 5.66. The van der Waals surface area contributed by atoms with Gasteiger partial charge in [0.05, 0.1) is 0 Å². The Hall–Kier alpha value is -1.39. The molecular formula is C7H10N2O3. The van der Waals surface area contributed by atoms with Crippen LogP contribution in [0.15, 0.2) is 0 Å². The topological polar surface area (TPSA) is 66.5 Å². The number of amides is 3. The van der Waals surface area contributed by atoms with Gasteiger partial charge in [0, 0.05) is 13.0 Å². The maximum atomic E-state index is 11.1. The van der Waals surface area contributed by atoms with Crippen molar-refractivity contribution in [2.45, 2.75) is 19.4 Å². The molecule has 5 nitrogen and oxygen atoms in total. The van der Waals surface area contributed by atoms with E-state index in [-0.39, 0.29) is 18.9 Å². The van der Waals surface area contributed by atoms with Crippen molar-refractivity contribution in [3.05, 3.63) is 0 Å². The molecule has 1 heterocycles. The molecule has 1 rings (SSSR count). The molecule has 66 valence electrons. The van der Waals surface area contributed by atoms with Crippen LogP contribution in [-0.2, 0) is 9.59 Å². The average Bonchev–Trinajstić information content (AvgIpc) is 2.25. The van der Waals surface area contributed by atoms with Gasteiger partial charge in [-0.1, -0.05) is 0 Å². The minimum atomic E-state index is -0.454. The van der Waals surface area contributed by atoms with Crippen LogP contribution < -0.4 is 5.32 Å². The van der Waals surface area contributed by atoms with Gasteiger partial charge in [0.2, 0.25) is 0 Å². The first-order valence-corrected chi connectivity index (χ1v) is 3.72. The van der Waals surface area contributed by atoms with Crippen LogP contribution in [0.4, 0.5) is 4.79 Å². The summed E-state index contributed by atoms with van der Waals surface area (Å²) in [5, 5.41) is 2.45. The van der Waals surface area contributed by atoms with E-state index in [1.807, 2.05) is 0 Å². The van der Waals surface area contributed by atoms with Crippen molar-refractivity contribution in [1.29, 1.82) is 0 Å². The highest BCUT2D eigenvalue weighted by Crippen LogP contribution is 2.05. The van der Waals surface area contributed by atoms with Crippen LogP contribution in [0, 0.1) is 0 Å². The summed E-state index contributed by atoms with van der Waals surface area (Å²) >= 11 is 0. The number of imide groups is 1. The van der Waals surface area contributed by atoms with Gasteiger partial charge in [0.25, 0.3) is 5.91 Å². The molecule has 0 aromatic carbocycles. The highest BCUT2D eigenvalue weighted by molar-refractivity contribution is 6.04. The molecule has 1 unspecified atom stereocenters. The van der Waals surface area contributed by atoms with Crippen LogP contribution >= 0.6 is 0 Å². The van der Waals surface area contributed by atoms with Crippen LogP contribution in [0.5, 0.6) is 0 Å². The second kappa shape index (κ2) is 3.34. The summed E-state index contributed by atoms with van der Waals surface area (Å²) in [6.07, 6.45) is 0.884. The summed E-state index contributed by atoms with van der Waals surface area (Å²) in [5.74, 6) is -0.262. The third kappa shape index (κ3) is 1.44. The van der Waals surface area contributed by atoms with Gasteiger partial charge >= 0.3 is 6.03 Å². The Kier molecular flexibility index (Phi) is 2.42. The lowest BCUT2D eigenvalue weighted by atomic mass is 10.3. The Bertz CT molecular complexity index is 227.